The number of nitrogens with zero attached hydrogens (tertiary/aromatic N) is 3. The lowest BCUT2D eigenvalue weighted by Crippen LogP contribution is -2.18. The zero-order chi connectivity index (χ0) is 19.5. The highest BCUT2D eigenvalue weighted by molar-refractivity contribution is 7.89. The van der Waals surface area contributed by atoms with Crippen LogP contribution < -0.4 is 4.83 Å². The van der Waals surface area contributed by atoms with Gasteiger partial charge in [0.2, 0.25) is 0 Å². The average Bonchev–Trinajstić information content (AvgIpc) is 2.56. The lowest BCUT2D eigenvalue weighted by Gasteiger charge is -2.04. The summed E-state index contributed by atoms with van der Waals surface area (Å²) in [4.78, 5) is 21.9. The number of sulfonamides is 1. The molecule has 0 amide bonds. The van der Waals surface area contributed by atoms with Gasteiger partial charge in [-0.25, -0.2) is 4.83 Å². The van der Waals surface area contributed by atoms with Crippen molar-refractivity contribution in [2.24, 2.45) is 5.10 Å². The first-order valence-electron chi connectivity index (χ1n) is 6.85. The molecule has 2 aromatic carbocycles. The molecule has 0 aliphatic heterocycles. The second-order valence-electron chi connectivity index (χ2n) is 5.03. The van der Waals surface area contributed by atoms with Crippen LogP contribution >= 0.6 is 11.6 Å². The van der Waals surface area contributed by atoms with Gasteiger partial charge in [0.25, 0.3) is 21.4 Å². The third-order valence-electron chi connectivity index (χ3n) is 3.24. The highest BCUT2D eigenvalue weighted by Gasteiger charge is 2.19. The van der Waals surface area contributed by atoms with Crippen LogP contribution in [0.4, 0.5) is 11.4 Å². The van der Waals surface area contributed by atoms with Crippen molar-refractivity contribution in [3.05, 3.63) is 72.8 Å². The molecule has 26 heavy (non-hydrogen) atoms. The molecular weight excluding hydrogens is 388 g/mol. The summed E-state index contributed by atoms with van der Waals surface area (Å²) in [5.74, 6) is 0. The summed E-state index contributed by atoms with van der Waals surface area (Å²) in [5.41, 5.74) is -0.151. The molecule has 0 radical (unpaired) electrons. The van der Waals surface area contributed by atoms with Gasteiger partial charge < -0.3 is 0 Å². The Morgan fingerprint density at radius 3 is 2.35 bits per heavy atom. The predicted molar refractivity (Wildman–Crippen MR) is 93.9 cm³/mol. The quantitative estimate of drug-likeness (QED) is 0.449. The van der Waals surface area contributed by atoms with E-state index in [1.807, 2.05) is 4.83 Å². The molecule has 10 nitrogen and oxygen atoms in total. The Bertz CT molecular complexity index is 1020. The van der Waals surface area contributed by atoms with E-state index in [4.69, 9.17) is 11.6 Å². The number of aryl methyl sites for hydroxylation is 1. The molecule has 0 fully saturated rings. The second kappa shape index (κ2) is 7.45. The van der Waals surface area contributed by atoms with E-state index in [2.05, 4.69) is 5.10 Å². The molecular formula is C14H11ClN4O6S. The monoisotopic (exact) mass is 398 g/mol. The molecule has 0 saturated heterocycles. The number of nitrogens with one attached hydrogen (secondary N) is 1. The van der Waals surface area contributed by atoms with Crippen LogP contribution in [0.15, 0.2) is 46.4 Å². The van der Waals surface area contributed by atoms with Gasteiger partial charge in [-0.1, -0.05) is 23.7 Å². The average molecular weight is 399 g/mol. The van der Waals surface area contributed by atoms with E-state index in [-0.39, 0.29) is 26.9 Å². The topological polar surface area (TPSA) is 145 Å². The van der Waals surface area contributed by atoms with Crippen molar-refractivity contribution < 1.29 is 18.3 Å². The van der Waals surface area contributed by atoms with Crippen LogP contribution in [0.5, 0.6) is 0 Å². The maximum atomic E-state index is 12.2. The third-order valence-corrected chi connectivity index (χ3v) is 4.78. The molecule has 0 unspecified atom stereocenters. The summed E-state index contributed by atoms with van der Waals surface area (Å²) >= 11 is 5.68. The van der Waals surface area contributed by atoms with Crippen LogP contribution in [-0.2, 0) is 10.0 Å². The predicted octanol–water partition coefficient (Wildman–Crippen LogP) is 2.78. The number of benzene rings is 2. The number of nitro benzene ring substituents is 2. The fourth-order valence-electron chi connectivity index (χ4n) is 1.93. The molecule has 0 heterocycles. The smallest absolute Gasteiger partial charge is 0.258 e. The van der Waals surface area contributed by atoms with Gasteiger partial charge in [0.1, 0.15) is 5.02 Å². The molecule has 2 rings (SSSR count). The minimum atomic E-state index is -4.15. The number of nitro groups is 2. The van der Waals surface area contributed by atoms with Crippen LogP contribution in [0.2, 0.25) is 5.02 Å². The summed E-state index contributed by atoms with van der Waals surface area (Å²) in [6, 6.07) is 7.23. The Hall–Kier alpha value is -3.05. The first-order valence-corrected chi connectivity index (χ1v) is 8.72. The van der Waals surface area contributed by atoms with Gasteiger partial charge in [0, 0.05) is 23.3 Å². The van der Waals surface area contributed by atoms with Crippen molar-refractivity contribution in [1.29, 1.82) is 0 Å². The van der Waals surface area contributed by atoms with E-state index in [1.54, 1.807) is 0 Å². The van der Waals surface area contributed by atoms with Crippen molar-refractivity contribution >= 4 is 39.2 Å². The standard InChI is InChI=1S/C14H11ClN4O6S/c1-9-2-4-11(7-13(9)18(20)21)26(24,25)17-16-8-10-3-5-12(15)14(6-10)19(22)23/h2-8,17H,1H3. The molecule has 0 aliphatic rings. The summed E-state index contributed by atoms with van der Waals surface area (Å²) < 4.78 is 24.3. The van der Waals surface area contributed by atoms with E-state index in [0.717, 1.165) is 18.3 Å². The lowest BCUT2D eigenvalue weighted by molar-refractivity contribution is -0.385. The van der Waals surface area contributed by atoms with Crippen molar-refractivity contribution in [3.8, 4) is 0 Å². The van der Waals surface area contributed by atoms with Crippen molar-refractivity contribution in [2.45, 2.75) is 11.8 Å². The molecule has 1 N–H and O–H groups in total. The van der Waals surface area contributed by atoms with Gasteiger partial charge in [-0.15, -0.1) is 0 Å². The number of hydrogen-bond acceptors (Lipinski definition) is 7. The van der Waals surface area contributed by atoms with Crippen LogP contribution in [0.25, 0.3) is 0 Å². The van der Waals surface area contributed by atoms with Gasteiger partial charge in [-0.05, 0) is 19.1 Å². The van der Waals surface area contributed by atoms with Crippen molar-refractivity contribution in [3.63, 3.8) is 0 Å². The highest BCUT2D eigenvalue weighted by Crippen LogP contribution is 2.24. The van der Waals surface area contributed by atoms with Gasteiger partial charge >= 0.3 is 0 Å². The minimum absolute atomic E-state index is 0.0697. The first kappa shape index (κ1) is 19.3. The second-order valence-corrected chi connectivity index (χ2v) is 7.09. The van der Waals surface area contributed by atoms with E-state index in [1.165, 1.54) is 31.2 Å². The molecule has 0 spiro atoms. The maximum absolute atomic E-state index is 12.2. The van der Waals surface area contributed by atoms with E-state index in [0.29, 0.717) is 5.56 Å². The van der Waals surface area contributed by atoms with Crippen LogP contribution in [0.3, 0.4) is 0 Å². The van der Waals surface area contributed by atoms with Crippen molar-refractivity contribution in [2.75, 3.05) is 0 Å². The van der Waals surface area contributed by atoms with Crippen molar-refractivity contribution in [1.82, 2.24) is 4.83 Å². The Morgan fingerprint density at radius 2 is 1.73 bits per heavy atom. The van der Waals surface area contributed by atoms with Crippen LogP contribution in [0, 0.1) is 27.2 Å². The Morgan fingerprint density at radius 1 is 1.08 bits per heavy atom. The lowest BCUT2D eigenvalue weighted by atomic mass is 10.2. The fourth-order valence-corrected chi connectivity index (χ4v) is 2.92. The number of halogens is 1. The molecule has 0 aromatic heterocycles. The Kier molecular flexibility index (Phi) is 5.53. The first-order chi connectivity index (χ1) is 12.1. The Labute approximate surface area is 152 Å². The van der Waals surface area contributed by atoms with Gasteiger partial charge in [0.05, 0.1) is 21.0 Å². The minimum Gasteiger partial charge on any atom is -0.258 e. The zero-order valence-electron chi connectivity index (χ0n) is 13.1. The maximum Gasteiger partial charge on any atom is 0.288 e. The molecule has 0 bridgehead atoms. The fraction of sp³-hybridized carbons (Fsp3) is 0.0714. The molecule has 0 atom stereocenters. The van der Waals surface area contributed by atoms with Gasteiger partial charge in [-0.3, -0.25) is 20.2 Å². The van der Waals surface area contributed by atoms with Crippen LogP contribution in [0.1, 0.15) is 11.1 Å². The molecule has 0 aliphatic carbocycles. The molecule has 2 aromatic rings. The van der Waals surface area contributed by atoms with Gasteiger partial charge in [0.15, 0.2) is 0 Å². The normalized spacial score (nSPS) is 11.5. The van der Waals surface area contributed by atoms with E-state index >= 15 is 0 Å². The summed E-state index contributed by atoms with van der Waals surface area (Å²) in [7, 11) is -4.15. The van der Waals surface area contributed by atoms with Gasteiger partial charge in [-0.2, -0.15) is 13.5 Å². The summed E-state index contributed by atoms with van der Waals surface area (Å²) in [6.07, 6.45) is 1.05. The molecule has 12 heteroatoms. The largest absolute Gasteiger partial charge is 0.288 e. The van der Waals surface area contributed by atoms with E-state index in [9.17, 15) is 28.6 Å². The zero-order valence-corrected chi connectivity index (χ0v) is 14.7. The number of hydrogen-bond donors (Lipinski definition) is 1. The SMILES string of the molecule is Cc1ccc(S(=O)(=O)NN=Cc2ccc(Cl)c([N+](=O)[O-])c2)cc1[N+](=O)[O-]. The number of rotatable bonds is 6. The summed E-state index contributed by atoms with van der Waals surface area (Å²) in [5, 5.41) is 25.2. The third kappa shape index (κ3) is 4.32. The number of hydrazone groups is 1. The molecule has 0 saturated carbocycles. The molecule has 136 valence electrons. The van der Waals surface area contributed by atoms with Crippen LogP contribution in [-0.4, -0.2) is 24.5 Å². The highest BCUT2D eigenvalue weighted by atomic mass is 35.5. The van der Waals surface area contributed by atoms with E-state index < -0.39 is 19.9 Å². The summed E-state index contributed by atoms with van der Waals surface area (Å²) in [6.45, 7) is 1.48. The Balaban J connectivity index is 2.24.